The highest BCUT2D eigenvalue weighted by Gasteiger charge is 2.55. The topological polar surface area (TPSA) is 180 Å². The SMILES string of the molecule is CCC(=O)O[C@H]1C[C@H](c2ccc3c(N)ncnn23)O[C@]1(C#N)CO[P+](=O)N[C@@H](C)C(=O)OCC1CCC1. The average molecular weight is 534 g/mol. The molecule has 1 saturated heterocycles. The number of carbonyl (C=O) groups is 2. The molecule has 2 aromatic rings. The number of hydrogen-bond donors (Lipinski definition) is 2. The van der Waals surface area contributed by atoms with Crippen LogP contribution < -0.4 is 10.8 Å². The lowest BCUT2D eigenvalue weighted by molar-refractivity contribution is -0.157. The van der Waals surface area contributed by atoms with E-state index in [1.807, 2.05) is 6.07 Å². The molecule has 2 aliphatic rings. The summed E-state index contributed by atoms with van der Waals surface area (Å²) in [6.07, 6.45) is 3.01. The number of fused-ring (bicyclic) bond motifs is 1. The molecular formula is C23H30N6O7P+. The van der Waals surface area contributed by atoms with E-state index < -0.39 is 50.6 Å². The van der Waals surface area contributed by atoms with Crippen LogP contribution in [0.4, 0.5) is 5.82 Å². The van der Waals surface area contributed by atoms with Crippen LogP contribution in [0.2, 0.25) is 0 Å². The Morgan fingerprint density at radius 3 is 2.89 bits per heavy atom. The smallest absolute Gasteiger partial charge is 0.464 e. The normalized spacial score (nSPS) is 24.7. The second-order valence-electron chi connectivity index (χ2n) is 9.18. The van der Waals surface area contributed by atoms with E-state index in [1.165, 1.54) is 13.3 Å². The molecule has 2 fully saturated rings. The zero-order valence-electron chi connectivity index (χ0n) is 20.7. The van der Waals surface area contributed by atoms with Crippen molar-refractivity contribution < 1.29 is 32.9 Å². The van der Waals surface area contributed by atoms with Gasteiger partial charge in [-0.15, -0.1) is 4.52 Å². The van der Waals surface area contributed by atoms with Crippen LogP contribution in [0.3, 0.4) is 0 Å². The molecule has 2 aromatic heterocycles. The van der Waals surface area contributed by atoms with E-state index in [9.17, 15) is 19.4 Å². The zero-order valence-corrected chi connectivity index (χ0v) is 21.6. The van der Waals surface area contributed by atoms with Gasteiger partial charge in [0.15, 0.2) is 12.4 Å². The summed E-state index contributed by atoms with van der Waals surface area (Å²) in [4.78, 5) is 28.3. The number of nitrogen functional groups attached to an aromatic ring is 1. The van der Waals surface area contributed by atoms with Gasteiger partial charge < -0.3 is 19.9 Å². The van der Waals surface area contributed by atoms with E-state index in [-0.39, 0.29) is 18.7 Å². The summed E-state index contributed by atoms with van der Waals surface area (Å²) in [6, 6.07) is 4.61. The van der Waals surface area contributed by atoms with Gasteiger partial charge in [-0.3, -0.25) is 9.59 Å². The molecule has 0 bridgehead atoms. The third kappa shape index (κ3) is 5.88. The highest BCUT2D eigenvalue weighted by molar-refractivity contribution is 7.36. The Hall–Kier alpha value is -3.17. The Kier molecular flexibility index (Phi) is 8.34. The number of anilines is 1. The van der Waals surface area contributed by atoms with Gasteiger partial charge in [-0.2, -0.15) is 10.4 Å². The summed E-state index contributed by atoms with van der Waals surface area (Å²) in [5, 5.41) is 16.8. The van der Waals surface area contributed by atoms with Gasteiger partial charge in [-0.25, -0.2) is 9.50 Å². The summed E-state index contributed by atoms with van der Waals surface area (Å²) in [5.41, 5.74) is 5.29. The second kappa shape index (κ2) is 11.5. The Morgan fingerprint density at radius 2 is 2.22 bits per heavy atom. The largest absolute Gasteiger partial charge is 0.613 e. The predicted molar refractivity (Wildman–Crippen MR) is 129 cm³/mol. The number of carbonyl (C=O) groups excluding carboxylic acids is 2. The van der Waals surface area contributed by atoms with Crippen LogP contribution in [0, 0.1) is 17.2 Å². The molecule has 4 rings (SSSR count). The maximum Gasteiger partial charge on any atom is 0.613 e. The highest BCUT2D eigenvalue weighted by atomic mass is 31.1. The molecule has 37 heavy (non-hydrogen) atoms. The van der Waals surface area contributed by atoms with E-state index in [4.69, 9.17) is 24.5 Å². The molecular weight excluding hydrogens is 503 g/mol. The monoisotopic (exact) mass is 533 g/mol. The van der Waals surface area contributed by atoms with Gasteiger partial charge in [-0.1, -0.05) is 18.4 Å². The lowest BCUT2D eigenvalue weighted by atomic mass is 9.86. The average Bonchev–Trinajstić information content (AvgIpc) is 3.44. The third-order valence-corrected chi connectivity index (χ3v) is 7.59. The molecule has 1 saturated carbocycles. The number of nitrogens with zero attached hydrogens (tertiary/aromatic N) is 4. The fourth-order valence-electron chi connectivity index (χ4n) is 4.19. The minimum absolute atomic E-state index is 0.0949. The van der Waals surface area contributed by atoms with Crippen LogP contribution in [-0.4, -0.2) is 57.5 Å². The molecule has 0 aromatic carbocycles. The Bertz CT molecular complexity index is 1210. The predicted octanol–water partition coefficient (Wildman–Crippen LogP) is 2.35. The quantitative estimate of drug-likeness (QED) is 0.318. The van der Waals surface area contributed by atoms with Crippen molar-refractivity contribution in [2.75, 3.05) is 18.9 Å². The second-order valence-corrected chi connectivity index (χ2v) is 10.2. The van der Waals surface area contributed by atoms with Crippen molar-refractivity contribution in [1.82, 2.24) is 19.7 Å². The van der Waals surface area contributed by atoms with Crippen LogP contribution in [-0.2, 0) is 32.9 Å². The van der Waals surface area contributed by atoms with E-state index in [1.54, 1.807) is 23.6 Å². The number of nitriles is 1. The summed E-state index contributed by atoms with van der Waals surface area (Å²) < 4.78 is 36.4. The standard InChI is InChI=1S/C23H30N6O7P/c1-3-20(30)35-19-9-18(16-7-8-17-21(25)26-13-27-29(16)17)36-23(19,11-24)12-34-37(32)28-14(2)22(31)33-10-15-5-4-6-15/h7-8,13-15,18-19H,3-6,9-10,12H2,1-2H3,(H,28,32)(H2,25,26,27)/q+1/t14-,18+,19-,23+/m0/s1. The number of rotatable bonds is 11. The van der Waals surface area contributed by atoms with Crippen LogP contribution in [0.1, 0.15) is 57.7 Å². The zero-order chi connectivity index (χ0) is 26.6. The molecule has 1 aliphatic heterocycles. The number of aromatic nitrogens is 3. The molecule has 3 heterocycles. The number of nitrogens with one attached hydrogen (secondary N) is 1. The molecule has 1 unspecified atom stereocenters. The molecule has 0 spiro atoms. The summed E-state index contributed by atoms with van der Waals surface area (Å²) in [5.74, 6) is -0.410. The van der Waals surface area contributed by atoms with Crippen molar-refractivity contribution in [2.24, 2.45) is 5.92 Å². The third-order valence-electron chi connectivity index (χ3n) is 6.63. The van der Waals surface area contributed by atoms with Crippen molar-refractivity contribution in [1.29, 1.82) is 5.26 Å². The lowest BCUT2D eigenvalue weighted by Crippen LogP contribution is -2.44. The minimum Gasteiger partial charge on any atom is -0.464 e. The van der Waals surface area contributed by atoms with Gasteiger partial charge in [0, 0.05) is 12.8 Å². The van der Waals surface area contributed by atoms with Gasteiger partial charge >= 0.3 is 20.1 Å². The maximum atomic E-state index is 12.6. The summed E-state index contributed by atoms with van der Waals surface area (Å²) in [6.45, 7) is 3.00. The van der Waals surface area contributed by atoms with E-state index in [0.29, 0.717) is 23.7 Å². The Morgan fingerprint density at radius 1 is 1.43 bits per heavy atom. The van der Waals surface area contributed by atoms with Crippen LogP contribution >= 0.6 is 8.18 Å². The van der Waals surface area contributed by atoms with E-state index in [0.717, 1.165) is 19.3 Å². The van der Waals surface area contributed by atoms with Crippen LogP contribution in [0.15, 0.2) is 18.5 Å². The van der Waals surface area contributed by atoms with Gasteiger partial charge in [0.05, 0.1) is 12.3 Å². The first kappa shape index (κ1) is 26.9. The van der Waals surface area contributed by atoms with Gasteiger partial charge in [0.25, 0.3) is 0 Å². The lowest BCUT2D eigenvalue weighted by Gasteiger charge is -2.25. The molecule has 0 radical (unpaired) electrons. The molecule has 1 aliphatic carbocycles. The minimum atomic E-state index is -2.57. The number of nitrogens with two attached hydrogens (primary N) is 1. The van der Waals surface area contributed by atoms with Crippen LogP contribution in [0.5, 0.6) is 0 Å². The van der Waals surface area contributed by atoms with Crippen molar-refractivity contribution in [2.45, 2.75) is 69.8 Å². The Balaban J connectivity index is 1.44. The highest BCUT2D eigenvalue weighted by Crippen LogP contribution is 2.43. The Labute approximate surface area is 214 Å². The molecule has 5 atom stereocenters. The number of esters is 2. The molecule has 198 valence electrons. The van der Waals surface area contributed by atoms with Crippen molar-refractivity contribution >= 4 is 31.5 Å². The molecule has 13 nitrogen and oxygen atoms in total. The van der Waals surface area contributed by atoms with Crippen molar-refractivity contribution in [3.05, 3.63) is 24.2 Å². The first-order valence-electron chi connectivity index (χ1n) is 12.2. The van der Waals surface area contributed by atoms with Gasteiger partial charge in [-0.05, 0) is 42.4 Å². The van der Waals surface area contributed by atoms with Gasteiger partial charge in [0.1, 0.15) is 36.2 Å². The summed E-state index contributed by atoms with van der Waals surface area (Å²) in [7, 11) is -2.57. The molecule has 3 N–H and O–H groups in total. The number of ether oxygens (including phenoxy) is 3. The molecule has 14 heteroatoms. The summed E-state index contributed by atoms with van der Waals surface area (Å²) >= 11 is 0. The maximum absolute atomic E-state index is 12.6. The fourth-order valence-corrected chi connectivity index (χ4v) is 5.00. The first-order chi connectivity index (χ1) is 17.8. The first-order valence-corrected chi connectivity index (χ1v) is 13.3. The van der Waals surface area contributed by atoms with Crippen LogP contribution in [0.25, 0.3) is 5.52 Å². The fraction of sp³-hybridized carbons (Fsp3) is 0.609. The van der Waals surface area contributed by atoms with E-state index in [2.05, 4.69) is 15.2 Å². The van der Waals surface area contributed by atoms with Crippen molar-refractivity contribution in [3.8, 4) is 6.07 Å². The van der Waals surface area contributed by atoms with Crippen molar-refractivity contribution in [3.63, 3.8) is 0 Å². The number of hydrogen-bond acceptors (Lipinski definition) is 11. The van der Waals surface area contributed by atoms with E-state index >= 15 is 0 Å². The molecule has 0 amide bonds. The van der Waals surface area contributed by atoms with Gasteiger partial charge in [0.2, 0.25) is 5.60 Å².